The van der Waals surface area contributed by atoms with E-state index >= 15 is 0 Å². The summed E-state index contributed by atoms with van der Waals surface area (Å²) in [4.78, 5) is 23.3. The Morgan fingerprint density at radius 3 is 2.48 bits per heavy atom. The maximum atomic E-state index is 12.0. The second kappa shape index (κ2) is 6.69. The number of ether oxygens (including phenoxy) is 1. The molecule has 1 N–H and O–H groups in total. The number of hydrogen-bond donors (Lipinski definition) is 1. The second-order valence-corrected chi connectivity index (χ2v) is 7.18. The van der Waals surface area contributed by atoms with E-state index in [1.807, 2.05) is 0 Å². The van der Waals surface area contributed by atoms with Crippen molar-refractivity contribution in [1.82, 2.24) is 5.32 Å². The van der Waals surface area contributed by atoms with Crippen molar-refractivity contribution in [2.24, 2.45) is 5.41 Å². The molecule has 1 amide bonds. The van der Waals surface area contributed by atoms with Gasteiger partial charge in [0.25, 0.3) is 0 Å². The highest BCUT2D eigenvalue weighted by atomic mass is 32.2. The van der Waals surface area contributed by atoms with Crippen molar-refractivity contribution in [3.05, 3.63) is 0 Å². The van der Waals surface area contributed by atoms with E-state index in [2.05, 4.69) is 11.4 Å². The molecule has 2 fully saturated rings. The lowest BCUT2D eigenvalue weighted by Gasteiger charge is -2.22. The number of thioether (sulfide) groups is 1. The van der Waals surface area contributed by atoms with Crippen molar-refractivity contribution in [1.29, 1.82) is 5.26 Å². The van der Waals surface area contributed by atoms with Gasteiger partial charge >= 0.3 is 5.97 Å². The Morgan fingerprint density at radius 2 is 1.95 bits per heavy atom. The fourth-order valence-electron chi connectivity index (χ4n) is 2.83. The van der Waals surface area contributed by atoms with Gasteiger partial charge < -0.3 is 10.1 Å². The van der Waals surface area contributed by atoms with E-state index in [9.17, 15) is 14.9 Å². The van der Waals surface area contributed by atoms with Gasteiger partial charge in [0.2, 0.25) is 5.91 Å². The maximum Gasteiger partial charge on any atom is 0.306 e. The third-order valence-electron chi connectivity index (χ3n) is 4.40. The minimum Gasteiger partial charge on any atom is -0.469 e. The molecule has 0 aromatic carbocycles. The van der Waals surface area contributed by atoms with Crippen LogP contribution in [0.5, 0.6) is 0 Å². The van der Waals surface area contributed by atoms with Crippen molar-refractivity contribution < 1.29 is 14.3 Å². The Morgan fingerprint density at radius 1 is 1.29 bits per heavy atom. The summed E-state index contributed by atoms with van der Waals surface area (Å²) >= 11 is 1.55. The zero-order valence-corrected chi connectivity index (χ0v) is 13.3. The van der Waals surface area contributed by atoms with Gasteiger partial charge in [-0.15, -0.1) is 0 Å². The topological polar surface area (TPSA) is 79.2 Å². The molecule has 116 valence electrons. The number of carbonyl (C=O) groups excluding carboxylic acids is 2. The molecule has 2 rings (SSSR count). The fourth-order valence-corrected chi connectivity index (χ4v) is 4.02. The highest BCUT2D eigenvalue weighted by Crippen LogP contribution is 2.51. The molecular weight excluding hydrogens is 288 g/mol. The smallest absolute Gasteiger partial charge is 0.306 e. The van der Waals surface area contributed by atoms with Crippen LogP contribution in [0.4, 0.5) is 0 Å². The van der Waals surface area contributed by atoms with E-state index in [4.69, 9.17) is 4.74 Å². The van der Waals surface area contributed by atoms with Crippen LogP contribution in [0, 0.1) is 16.7 Å². The van der Waals surface area contributed by atoms with Crippen LogP contribution < -0.4 is 5.32 Å². The van der Waals surface area contributed by atoms with Gasteiger partial charge in [0.15, 0.2) is 0 Å². The molecule has 21 heavy (non-hydrogen) atoms. The normalized spacial score (nSPS) is 21.3. The zero-order chi connectivity index (χ0) is 15.3. The van der Waals surface area contributed by atoms with Gasteiger partial charge in [0.1, 0.15) is 5.54 Å². The number of nitrogens with zero attached hydrogens (tertiary/aromatic N) is 1. The second-order valence-electron chi connectivity index (χ2n) is 6.19. The summed E-state index contributed by atoms with van der Waals surface area (Å²) in [6.45, 7) is 0. The van der Waals surface area contributed by atoms with Crippen LogP contribution in [0.3, 0.4) is 0 Å². The minimum atomic E-state index is -0.638. The molecule has 0 aromatic rings. The summed E-state index contributed by atoms with van der Waals surface area (Å²) in [5, 5.41) is 12.1. The van der Waals surface area contributed by atoms with Gasteiger partial charge in [-0.3, -0.25) is 9.59 Å². The molecule has 0 bridgehead atoms. The van der Waals surface area contributed by atoms with Crippen molar-refractivity contribution in [3.8, 4) is 6.07 Å². The van der Waals surface area contributed by atoms with E-state index in [-0.39, 0.29) is 17.3 Å². The predicted octanol–water partition coefficient (Wildman–Crippen LogP) is 2.02. The molecule has 0 heterocycles. The van der Waals surface area contributed by atoms with Gasteiger partial charge in [0.05, 0.1) is 25.4 Å². The van der Waals surface area contributed by atoms with E-state index in [0.29, 0.717) is 12.2 Å². The van der Waals surface area contributed by atoms with E-state index < -0.39 is 5.54 Å². The van der Waals surface area contributed by atoms with Gasteiger partial charge in [-0.2, -0.15) is 17.0 Å². The number of methoxy groups -OCH3 is 1. The molecule has 2 saturated carbocycles. The number of nitriles is 1. The third kappa shape index (κ3) is 4.37. The highest BCUT2D eigenvalue weighted by molar-refractivity contribution is 8.00. The summed E-state index contributed by atoms with van der Waals surface area (Å²) in [5.41, 5.74) is -0.598. The monoisotopic (exact) mass is 310 g/mol. The number of nitrogens with one attached hydrogen (secondary N) is 1. The van der Waals surface area contributed by atoms with E-state index in [0.717, 1.165) is 44.3 Å². The van der Waals surface area contributed by atoms with Crippen LogP contribution in [0.25, 0.3) is 0 Å². The van der Waals surface area contributed by atoms with Crippen LogP contribution in [0.15, 0.2) is 0 Å². The first-order valence-corrected chi connectivity index (χ1v) is 8.55. The Balaban J connectivity index is 1.70. The Labute approximate surface area is 129 Å². The Bertz CT molecular complexity index is 448. The number of carbonyl (C=O) groups is 2. The summed E-state index contributed by atoms with van der Waals surface area (Å²) < 4.78 is 4.71. The van der Waals surface area contributed by atoms with Gasteiger partial charge in [-0.05, 0) is 49.7 Å². The van der Waals surface area contributed by atoms with Crippen molar-refractivity contribution in [3.63, 3.8) is 0 Å². The Kier molecular flexibility index (Phi) is 5.15. The van der Waals surface area contributed by atoms with Crippen LogP contribution in [-0.2, 0) is 14.3 Å². The summed E-state index contributed by atoms with van der Waals surface area (Å²) in [6.07, 6.45) is 6.02. The number of rotatable bonds is 7. The zero-order valence-electron chi connectivity index (χ0n) is 12.4. The molecule has 0 unspecified atom stereocenters. The predicted molar refractivity (Wildman–Crippen MR) is 80.6 cm³/mol. The van der Waals surface area contributed by atoms with E-state index in [1.54, 1.807) is 11.8 Å². The molecule has 0 atom stereocenters. The molecule has 2 aliphatic carbocycles. The average molecular weight is 310 g/mol. The number of amides is 1. The summed E-state index contributed by atoms with van der Waals surface area (Å²) in [5.74, 6) is 0.908. The van der Waals surface area contributed by atoms with Crippen LogP contribution in [0.2, 0.25) is 0 Å². The minimum absolute atomic E-state index is 0.0400. The van der Waals surface area contributed by atoms with Gasteiger partial charge in [-0.1, -0.05) is 0 Å². The summed E-state index contributed by atoms with van der Waals surface area (Å²) in [6, 6.07) is 2.26. The highest BCUT2D eigenvalue weighted by Gasteiger charge is 2.44. The molecular formula is C15H22N2O3S. The maximum absolute atomic E-state index is 12.0. The third-order valence-corrected chi connectivity index (χ3v) is 5.68. The molecule has 2 aliphatic rings. The average Bonchev–Trinajstić information content (AvgIpc) is 3.06. The summed E-state index contributed by atoms with van der Waals surface area (Å²) in [7, 11) is 1.40. The van der Waals surface area contributed by atoms with Gasteiger partial charge in [0, 0.05) is 0 Å². The lowest BCUT2D eigenvalue weighted by molar-refractivity contribution is -0.141. The van der Waals surface area contributed by atoms with E-state index in [1.165, 1.54) is 7.11 Å². The van der Waals surface area contributed by atoms with Crippen molar-refractivity contribution in [2.75, 3.05) is 18.6 Å². The first kappa shape index (κ1) is 16.2. The molecule has 0 aromatic heterocycles. The quantitative estimate of drug-likeness (QED) is 0.728. The first-order chi connectivity index (χ1) is 10.0. The Hall–Kier alpha value is -1.22. The van der Waals surface area contributed by atoms with Crippen LogP contribution >= 0.6 is 11.8 Å². The lowest BCUT2D eigenvalue weighted by Crippen LogP contribution is -2.45. The van der Waals surface area contributed by atoms with Crippen LogP contribution in [-0.4, -0.2) is 36.0 Å². The van der Waals surface area contributed by atoms with Gasteiger partial charge in [-0.25, -0.2) is 0 Å². The molecule has 0 radical (unpaired) electrons. The lowest BCUT2D eigenvalue weighted by atomic mass is 10.0. The van der Waals surface area contributed by atoms with Crippen molar-refractivity contribution in [2.45, 2.75) is 50.5 Å². The largest absolute Gasteiger partial charge is 0.469 e. The number of hydrogen-bond acceptors (Lipinski definition) is 5. The SMILES string of the molecule is COC(=O)CC1(CSCC(=O)NC2(C#N)CCCC2)CC1. The molecule has 5 nitrogen and oxygen atoms in total. The first-order valence-electron chi connectivity index (χ1n) is 7.40. The molecule has 0 aliphatic heterocycles. The standard InChI is InChI=1S/C15H22N2O3S/c1-20-13(19)8-14(6-7-14)11-21-9-12(18)17-15(10-16)4-2-3-5-15/h2-9,11H2,1H3,(H,17,18). The molecule has 6 heteroatoms. The van der Waals surface area contributed by atoms with Crippen molar-refractivity contribution >= 4 is 23.6 Å². The fraction of sp³-hybridized carbons (Fsp3) is 0.800. The van der Waals surface area contributed by atoms with Crippen LogP contribution in [0.1, 0.15) is 44.9 Å². The number of esters is 1. The molecule has 0 saturated heterocycles. The molecule has 0 spiro atoms.